The van der Waals surface area contributed by atoms with Gasteiger partial charge in [0.15, 0.2) is 0 Å². The summed E-state index contributed by atoms with van der Waals surface area (Å²) in [7, 11) is 0. The van der Waals surface area contributed by atoms with Gasteiger partial charge in [-0.15, -0.1) is 0 Å². The third-order valence-electron chi connectivity index (χ3n) is 4.15. The summed E-state index contributed by atoms with van der Waals surface area (Å²) in [6.07, 6.45) is 13.2. The van der Waals surface area contributed by atoms with Crippen molar-refractivity contribution in [3.05, 3.63) is 53.7 Å². The lowest BCUT2D eigenvalue weighted by atomic mass is 9.88. The molecule has 3 heteroatoms. The first-order valence-corrected chi connectivity index (χ1v) is 7.23. The van der Waals surface area contributed by atoms with Gasteiger partial charge in [-0.05, 0) is 55.9 Å². The van der Waals surface area contributed by atoms with Crippen LogP contribution in [0.2, 0.25) is 0 Å². The van der Waals surface area contributed by atoms with Crippen molar-refractivity contribution in [2.75, 3.05) is 0 Å². The molecule has 1 aliphatic carbocycles. The smallest absolute Gasteiger partial charge is 0.136 e. The van der Waals surface area contributed by atoms with Crippen molar-refractivity contribution in [1.29, 1.82) is 0 Å². The van der Waals surface area contributed by atoms with E-state index in [2.05, 4.69) is 38.9 Å². The van der Waals surface area contributed by atoms with Crippen LogP contribution in [0.4, 0.5) is 0 Å². The molecule has 0 bridgehead atoms. The molecular weight excluding hydrogens is 246 g/mol. The van der Waals surface area contributed by atoms with Crippen molar-refractivity contribution < 1.29 is 0 Å². The van der Waals surface area contributed by atoms with Crippen LogP contribution in [0, 0.1) is 6.92 Å². The lowest BCUT2D eigenvalue weighted by Crippen LogP contribution is -2.05. The third-order valence-corrected chi connectivity index (χ3v) is 4.15. The third kappa shape index (κ3) is 1.82. The number of aryl methyl sites for hydroxylation is 2. The van der Waals surface area contributed by atoms with Gasteiger partial charge in [0.1, 0.15) is 5.65 Å². The topological polar surface area (TPSA) is 30.2 Å². The number of aromatic nitrogens is 3. The summed E-state index contributed by atoms with van der Waals surface area (Å²) in [5.41, 5.74) is 7.49. The van der Waals surface area contributed by atoms with Crippen molar-refractivity contribution in [2.45, 2.75) is 32.6 Å². The van der Waals surface area contributed by atoms with Crippen LogP contribution >= 0.6 is 0 Å². The first-order chi connectivity index (χ1) is 9.81. The van der Waals surface area contributed by atoms with Gasteiger partial charge in [-0.3, -0.25) is 4.98 Å². The number of rotatable bonds is 1. The molecule has 0 aromatic carbocycles. The minimum atomic E-state index is 1.00. The molecule has 0 atom stereocenters. The molecule has 0 radical (unpaired) electrons. The van der Waals surface area contributed by atoms with Gasteiger partial charge in [0.05, 0.1) is 5.69 Å². The number of pyridine rings is 2. The van der Waals surface area contributed by atoms with Crippen LogP contribution in [0.15, 0.2) is 36.9 Å². The summed E-state index contributed by atoms with van der Waals surface area (Å²) >= 11 is 0. The summed E-state index contributed by atoms with van der Waals surface area (Å²) in [5, 5.41) is 0. The quantitative estimate of drug-likeness (QED) is 0.671. The highest BCUT2D eigenvalue weighted by molar-refractivity contribution is 5.69. The molecule has 20 heavy (non-hydrogen) atoms. The zero-order valence-corrected chi connectivity index (χ0v) is 11.6. The van der Waals surface area contributed by atoms with Crippen LogP contribution in [-0.4, -0.2) is 14.4 Å². The number of imidazole rings is 1. The highest BCUT2D eigenvalue weighted by atomic mass is 15.0. The van der Waals surface area contributed by atoms with Gasteiger partial charge in [0.2, 0.25) is 0 Å². The summed E-state index contributed by atoms with van der Waals surface area (Å²) in [5.74, 6) is 0. The Balaban J connectivity index is 1.90. The Kier molecular flexibility index (Phi) is 2.59. The van der Waals surface area contributed by atoms with Crippen molar-refractivity contribution in [3.8, 4) is 11.1 Å². The molecule has 0 aliphatic heterocycles. The van der Waals surface area contributed by atoms with E-state index in [1.165, 1.54) is 47.9 Å². The predicted molar refractivity (Wildman–Crippen MR) is 79.8 cm³/mol. The normalized spacial score (nSPS) is 14.4. The molecule has 3 aromatic rings. The lowest BCUT2D eigenvalue weighted by Gasteiger charge is -2.18. The largest absolute Gasteiger partial charge is 0.306 e. The highest BCUT2D eigenvalue weighted by Crippen LogP contribution is 2.30. The minimum absolute atomic E-state index is 1.00. The molecular formula is C17H17N3. The monoisotopic (exact) mass is 263 g/mol. The van der Waals surface area contributed by atoms with Crippen LogP contribution in [0.3, 0.4) is 0 Å². The molecule has 0 saturated carbocycles. The van der Waals surface area contributed by atoms with E-state index in [-0.39, 0.29) is 0 Å². The van der Waals surface area contributed by atoms with E-state index in [0.717, 1.165) is 11.3 Å². The molecule has 0 fully saturated rings. The van der Waals surface area contributed by atoms with E-state index in [1.54, 1.807) is 0 Å². The van der Waals surface area contributed by atoms with Gasteiger partial charge in [0.25, 0.3) is 0 Å². The van der Waals surface area contributed by atoms with Gasteiger partial charge in [0, 0.05) is 35.9 Å². The van der Waals surface area contributed by atoms with Crippen LogP contribution in [0.5, 0.6) is 0 Å². The van der Waals surface area contributed by atoms with Crippen molar-refractivity contribution in [3.63, 3.8) is 0 Å². The first kappa shape index (κ1) is 11.6. The average molecular weight is 263 g/mol. The van der Waals surface area contributed by atoms with Crippen molar-refractivity contribution >= 4 is 5.65 Å². The van der Waals surface area contributed by atoms with Gasteiger partial charge < -0.3 is 4.40 Å². The molecule has 0 spiro atoms. The van der Waals surface area contributed by atoms with E-state index in [0.29, 0.717) is 0 Å². The first-order valence-electron chi connectivity index (χ1n) is 7.23. The zero-order valence-electron chi connectivity index (χ0n) is 11.6. The summed E-state index contributed by atoms with van der Waals surface area (Å²) in [4.78, 5) is 8.92. The van der Waals surface area contributed by atoms with Gasteiger partial charge in [-0.25, -0.2) is 4.98 Å². The second-order valence-corrected chi connectivity index (χ2v) is 5.60. The Morgan fingerprint density at radius 3 is 2.90 bits per heavy atom. The predicted octanol–water partition coefficient (Wildman–Crippen LogP) is 3.58. The van der Waals surface area contributed by atoms with Crippen molar-refractivity contribution in [2.24, 2.45) is 0 Å². The van der Waals surface area contributed by atoms with E-state index in [1.807, 2.05) is 19.3 Å². The van der Waals surface area contributed by atoms with Gasteiger partial charge in [-0.1, -0.05) is 0 Å². The molecule has 3 nitrogen and oxygen atoms in total. The SMILES string of the molecule is Cc1cn2cc(-c3cncc4c3CCCC4)ccc2n1. The standard InChI is InChI=1S/C17H17N3/c1-12-10-20-11-14(6-7-17(20)19-12)16-9-18-8-13-4-2-3-5-15(13)16/h6-11H,2-5H2,1H3. The maximum atomic E-state index is 4.48. The van der Waals surface area contributed by atoms with E-state index in [9.17, 15) is 0 Å². The molecule has 0 saturated heterocycles. The molecule has 4 rings (SSSR count). The Morgan fingerprint density at radius 1 is 1.05 bits per heavy atom. The van der Waals surface area contributed by atoms with Gasteiger partial charge in [-0.2, -0.15) is 0 Å². The number of hydrogen-bond acceptors (Lipinski definition) is 2. The van der Waals surface area contributed by atoms with E-state index < -0.39 is 0 Å². The summed E-state index contributed by atoms with van der Waals surface area (Å²) in [6.45, 7) is 2.03. The van der Waals surface area contributed by atoms with E-state index >= 15 is 0 Å². The Labute approximate surface area is 118 Å². The maximum absolute atomic E-state index is 4.48. The Morgan fingerprint density at radius 2 is 1.95 bits per heavy atom. The Bertz CT molecular complexity index is 786. The van der Waals surface area contributed by atoms with Gasteiger partial charge >= 0.3 is 0 Å². The average Bonchev–Trinajstić information content (AvgIpc) is 2.85. The fraction of sp³-hybridized carbons (Fsp3) is 0.294. The van der Waals surface area contributed by atoms with Crippen LogP contribution in [-0.2, 0) is 12.8 Å². The fourth-order valence-corrected chi connectivity index (χ4v) is 3.19. The number of nitrogens with zero attached hydrogens (tertiary/aromatic N) is 3. The highest BCUT2D eigenvalue weighted by Gasteiger charge is 2.15. The zero-order chi connectivity index (χ0) is 13.5. The van der Waals surface area contributed by atoms with E-state index in [4.69, 9.17) is 0 Å². The lowest BCUT2D eigenvalue weighted by molar-refractivity contribution is 0.683. The molecule has 100 valence electrons. The molecule has 1 aliphatic rings. The van der Waals surface area contributed by atoms with Crippen molar-refractivity contribution in [1.82, 2.24) is 14.4 Å². The summed E-state index contributed by atoms with van der Waals surface area (Å²) < 4.78 is 2.10. The van der Waals surface area contributed by atoms with Crippen LogP contribution < -0.4 is 0 Å². The van der Waals surface area contributed by atoms with Crippen LogP contribution in [0.1, 0.15) is 29.7 Å². The Hall–Kier alpha value is -2.16. The molecule has 3 aromatic heterocycles. The minimum Gasteiger partial charge on any atom is -0.306 e. The fourth-order valence-electron chi connectivity index (χ4n) is 3.19. The van der Waals surface area contributed by atoms with Crippen LogP contribution in [0.25, 0.3) is 16.8 Å². The molecule has 0 amide bonds. The molecule has 0 N–H and O–H groups in total. The second kappa shape index (κ2) is 4.44. The number of hydrogen-bond donors (Lipinski definition) is 0. The second-order valence-electron chi connectivity index (χ2n) is 5.60. The summed E-state index contributed by atoms with van der Waals surface area (Å²) in [6, 6.07) is 4.25. The maximum Gasteiger partial charge on any atom is 0.136 e. The molecule has 3 heterocycles. The number of fused-ring (bicyclic) bond motifs is 2. The molecule has 0 unspecified atom stereocenters.